The second kappa shape index (κ2) is 7.26. The fourth-order valence-corrected chi connectivity index (χ4v) is 3.57. The molecule has 27 heavy (non-hydrogen) atoms. The molecule has 1 aromatic carbocycles. The topological polar surface area (TPSA) is 95.2 Å². The Labute approximate surface area is 160 Å². The largest absolute Gasteiger partial charge is 0.345 e. The van der Waals surface area contributed by atoms with Gasteiger partial charge in [0.15, 0.2) is 11.6 Å². The van der Waals surface area contributed by atoms with Crippen molar-refractivity contribution in [2.24, 2.45) is 0 Å². The lowest BCUT2D eigenvalue weighted by Gasteiger charge is -2.17. The van der Waals surface area contributed by atoms with Crippen LogP contribution in [-0.2, 0) is 10.2 Å². The molecule has 2 N–H and O–H groups in total. The van der Waals surface area contributed by atoms with Gasteiger partial charge in [0.05, 0.1) is 16.3 Å². The molecule has 0 saturated heterocycles. The standard InChI is InChI=1S/C17H16ClFN4O3S/c1-3-23(2)27(25,26)22-14-6-4-5-11(15(14)19)16(24)13-9-21-17-12(13)7-10(18)8-20-17/h4-9,22H,3H2,1-2H3,(H,20,21). The molecule has 0 radical (unpaired) electrons. The molecule has 3 rings (SSSR count). The summed E-state index contributed by atoms with van der Waals surface area (Å²) < 4.78 is 42.3. The van der Waals surface area contributed by atoms with Crippen LogP contribution >= 0.6 is 11.6 Å². The predicted octanol–water partition coefficient (Wildman–Crippen LogP) is 3.19. The molecule has 0 saturated carbocycles. The van der Waals surface area contributed by atoms with Crippen molar-refractivity contribution in [3.8, 4) is 0 Å². The lowest BCUT2D eigenvalue weighted by atomic mass is 10.0. The molecule has 2 aromatic heterocycles. The van der Waals surface area contributed by atoms with Crippen molar-refractivity contribution in [1.82, 2.24) is 14.3 Å². The monoisotopic (exact) mass is 410 g/mol. The van der Waals surface area contributed by atoms with Crippen LogP contribution in [0.1, 0.15) is 22.8 Å². The van der Waals surface area contributed by atoms with E-state index in [1.165, 1.54) is 37.6 Å². The highest BCUT2D eigenvalue weighted by atomic mass is 35.5. The van der Waals surface area contributed by atoms with Gasteiger partial charge in [0, 0.05) is 36.9 Å². The smallest absolute Gasteiger partial charge is 0.301 e. The normalized spacial score (nSPS) is 11.9. The molecular formula is C17H16ClFN4O3S. The molecule has 0 aliphatic heterocycles. The number of anilines is 1. The number of pyridine rings is 1. The van der Waals surface area contributed by atoms with E-state index in [0.29, 0.717) is 16.1 Å². The number of benzene rings is 1. The second-order valence-electron chi connectivity index (χ2n) is 5.77. The third-order valence-corrected chi connectivity index (χ3v) is 5.84. The summed E-state index contributed by atoms with van der Waals surface area (Å²) in [7, 11) is -2.56. The van der Waals surface area contributed by atoms with E-state index in [1.807, 2.05) is 0 Å². The number of aromatic amines is 1. The van der Waals surface area contributed by atoms with E-state index >= 15 is 0 Å². The zero-order chi connectivity index (χ0) is 19.8. The minimum Gasteiger partial charge on any atom is -0.345 e. The highest BCUT2D eigenvalue weighted by Crippen LogP contribution is 2.26. The molecule has 0 unspecified atom stereocenters. The predicted molar refractivity (Wildman–Crippen MR) is 102 cm³/mol. The molecule has 0 spiro atoms. The van der Waals surface area contributed by atoms with E-state index in [4.69, 9.17) is 11.6 Å². The number of hydrogen-bond donors (Lipinski definition) is 2. The Morgan fingerprint density at radius 1 is 1.37 bits per heavy atom. The van der Waals surface area contributed by atoms with Crippen molar-refractivity contribution in [2.45, 2.75) is 6.92 Å². The van der Waals surface area contributed by atoms with Crippen LogP contribution in [0.4, 0.5) is 10.1 Å². The van der Waals surface area contributed by atoms with E-state index in [9.17, 15) is 17.6 Å². The molecule has 0 amide bonds. The SMILES string of the molecule is CCN(C)S(=O)(=O)Nc1cccc(C(=O)c2c[nH]c3ncc(Cl)cc23)c1F. The molecule has 2 heterocycles. The minimum absolute atomic E-state index is 0.185. The van der Waals surface area contributed by atoms with E-state index < -0.39 is 21.8 Å². The number of nitrogens with one attached hydrogen (secondary N) is 2. The van der Waals surface area contributed by atoms with Gasteiger partial charge in [0.1, 0.15) is 5.65 Å². The van der Waals surface area contributed by atoms with Gasteiger partial charge in [-0.1, -0.05) is 24.6 Å². The van der Waals surface area contributed by atoms with Crippen LogP contribution in [-0.4, -0.2) is 42.1 Å². The summed E-state index contributed by atoms with van der Waals surface area (Å²) in [5.74, 6) is -1.58. The van der Waals surface area contributed by atoms with Crippen molar-refractivity contribution in [3.05, 3.63) is 58.6 Å². The van der Waals surface area contributed by atoms with Crippen LogP contribution in [0.3, 0.4) is 0 Å². The number of H-pyrrole nitrogens is 1. The number of carbonyl (C=O) groups excluding carboxylic acids is 1. The highest BCUT2D eigenvalue weighted by molar-refractivity contribution is 7.90. The zero-order valence-electron chi connectivity index (χ0n) is 14.5. The molecule has 10 heteroatoms. The number of ketones is 1. The van der Waals surface area contributed by atoms with Gasteiger partial charge in [-0.25, -0.2) is 9.37 Å². The van der Waals surface area contributed by atoms with Gasteiger partial charge < -0.3 is 4.98 Å². The van der Waals surface area contributed by atoms with Crippen LogP contribution in [0.25, 0.3) is 11.0 Å². The summed E-state index contributed by atoms with van der Waals surface area (Å²) in [6.07, 6.45) is 2.84. The first-order valence-corrected chi connectivity index (χ1v) is 9.76. The van der Waals surface area contributed by atoms with Crippen LogP contribution < -0.4 is 4.72 Å². The molecule has 0 fully saturated rings. The van der Waals surface area contributed by atoms with E-state index in [2.05, 4.69) is 14.7 Å². The first-order chi connectivity index (χ1) is 12.7. The van der Waals surface area contributed by atoms with Gasteiger partial charge in [-0.3, -0.25) is 9.52 Å². The number of aromatic nitrogens is 2. The lowest BCUT2D eigenvalue weighted by Crippen LogP contribution is -2.32. The van der Waals surface area contributed by atoms with Crippen molar-refractivity contribution < 1.29 is 17.6 Å². The van der Waals surface area contributed by atoms with E-state index in [0.717, 1.165) is 4.31 Å². The molecule has 142 valence electrons. The van der Waals surface area contributed by atoms with Gasteiger partial charge >= 0.3 is 10.2 Å². The summed E-state index contributed by atoms with van der Waals surface area (Å²) in [5.41, 5.74) is 0.0431. The number of carbonyl (C=O) groups is 1. The fourth-order valence-electron chi connectivity index (χ4n) is 2.48. The Hall–Kier alpha value is -2.49. The van der Waals surface area contributed by atoms with Gasteiger partial charge in [0.25, 0.3) is 0 Å². The van der Waals surface area contributed by atoms with Crippen molar-refractivity contribution in [2.75, 3.05) is 18.3 Å². The maximum Gasteiger partial charge on any atom is 0.301 e. The zero-order valence-corrected chi connectivity index (χ0v) is 16.0. The average molecular weight is 411 g/mol. The van der Waals surface area contributed by atoms with E-state index in [-0.39, 0.29) is 23.4 Å². The quantitative estimate of drug-likeness (QED) is 0.610. The third-order valence-electron chi connectivity index (χ3n) is 4.08. The molecule has 3 aromatic rings. The molecule has 0 bridgehead atoms. The number of nitrogens with zero attached hydrogens (tertiary/aromatic N) is 2. The first-order valence-electron chi connectivity index (χ1n) is 7.94. The van der Waals surface area contributed by atoms with Gasteiger partial charge in [-0.05, 0) is 18.2 Å². The molecule has 0 aliphatic carbocycles. The maximum atomic E-state index is 14.9. The van der Waals surface area contributed by atoms with Gasteiger partial charge in [0.2, 0.25) is 0 Å². The summed E-state index contributed by atoms with van der Waals surface area (Å²) >= 11 is 5.93. The first kappa shape index (κ1) is 19.3. The van der Waals surface area contributed by atoms with E-state index in [1.54, 1.807) is 13.0 Å². The average Bonchev–Trinajstić information content (AvgIpc) is 3.05. The number of halogens is 2. The summed E-state index contributed by atoms with van der Waals surface area (Å²) in [4.78, 5) is 19.7. The molecular weight excluding hydrogens is 395 g/mol. The van der Waals surface area contributed by atoms with Crippen molar-refractivity contribution in [3.63, 3.8) is 0 Å². The second-order valence-corrected chi connectivity index (χ2v) is 7.98. The van der Waals surface area contributed by atoms with Gasteiger partial charge in [-0.2, -0.15) is 12.7 Å². The van der Waals surface area contributed by atoms with Crippen LogP contribution in [0, 0.1) is 5.82 Å². The van der Waals surface area contributed by atoms with Crippen molar-refractivity contribution >= 4 is 44.3 Å². The Kier molecular flexibility index (Phi) is 5.18. The summed E-state index contributed by atoms with van der Waals surface area (Å²) in [6.45, 7) is 1.85. The van der Waals surface area contributed by atoms with Crippen molar-refractivity contribution in [1.29, 1.82) is 0 Å². The molecule has 0 atom stereocenters. The fraction of sp³-hybridized carbons (Fsp3) is 0.176. The Balaban J connectivity index is 2.02. The third kappa shape index (κ3) is 3.66. The molecule has 7 nitrogen and oxygen atoms in total. The Morgan fingerprint density at radius 2 is 2.11 bits per heavy atom. The highest BCUT2D eigenvalue weighted by Gasteiger charge is 2.23. The van der Waals surface area contributed by atoms with Crippen LogP contribution in [0.5, 0.6) is 0 Å². The number of hydrogen-bond acceptors (Lipinski definition) is 4. The van der Waals surface area contributed by atoms with Crippen LogP contribution in [0.2, 0.25) is 5.02 Å². The number of fused-ring (bicyclic) bond motifs is 1. The summed E-state index contributed by atoms with van der Waals surface area (Å²) in [5, 5.41) is 0.782. The lowest BCUT2D eigenvalue weighted by molar-refractivity contribution is 0.103. The molecule has 0 aliphatic rings. The Bertz CT molecular complexity index is 1130. The number of rotatable bonds is 6. The van der Waals surface area contributed by atoms with Gasteiger partial charge in [-0.15, -0.1) is 0 Å². The van der Waals surface area contributed by atoms with Crippen LogP contribution in [0.15, 0.2) is 36.7 Å². The summed E-state index contributed by atoms with van der Waals surface area (Å²) in [6, 6.07) is 5.49. The minimum atomic E-state index is -3.92. The maximum absolute atomic E-state index is 14.9. The Morgan fingerprint density at radius 3 is 2.81 bits per heavy atom.